The number of carboxylic acids is 1. The van der Waals surface area contributed by atoms with Crippen LogP contribution in [0.5, 0.6) is 0 Å². The van der Waals surface area contributed by atoms with E-state index in [1.807, 2.05) is 42.7 Å². The zero-order valence-electron chi connectivity index (χ0n) is 10.7. The highest BCUT2D eigenvalue weighted by molar-refractivity contribution is 5.87. The molecule has 2 aromatic rings. The highest BCUT2D eigenvalue weighted by Gasteiger charge is 2.14. The van der Waals surface area contributed by atoms with Gasteiger partial charge in [0, 0.05) is 12.2 Å². The summed E-state index contributed by atoms with van der Waals surface area (Å²) in [4.78, 5) is 11.2. The SMILES string of the molecule is CCCn1c(C(=O)O)ccc1-c1cccc(C)c1. The highest BCUT2D eigenvalue weighted by Crippen LogP contribution is 2.24. The van der Waals surface area contributed by atoms with Gasteiger partial charge in [0.05, 0.1) is 0 Å². The molecule has 0 radical (unpaired) electrons. The maximum absolute atomic E-state index is 11.2. The summed E-state index contributed by atoms with van der Waals surface area (Å²) in [6.07, 6.45) is 0.910. The van der Waals surface area contributed by atoms with Crippen molar-refractivity contribution in [2.24, 2.45) is 0 Å². The molecule has 2 rings (SSSR count). The second kappa shape index (κ2) is 5.08. The van der Waals surface area contributed by atoms with Crippen molar-refractivity contribution >= 4 is 5.97 Å². The molecule has 0 aliphatic carbocycles. The maximum atomic E-state index is 11.2. The summed E-state index contributed by atoms with van der Waals surface area (Å²) >= 11 is 0. The van der Waals surface area contributed by atoms with Crippen molar-refractivity contribution in [3.8, 4) is 11.3 Å². The summed E-state index contributed by atoms with van der Waals surface area (Å²) in [7, 11) is 0. The number of carbonyl (C=O) groups is 1. The first-order valence-corrected chi connectivity index (χ1v) is 6.13. The number of carboxylic acid groups (broad SMARTS) is 1. The molecule has 1 aromatic carbocycles. The van der Waals surface area contributed by atoms with Crippen LogP contribution in [0.2, 0.25) is 0 Å². The molecule has 0 fully saturated rings. The fourth-order valence-electron chi connectivity index (χ4n) is 2.18. The van der Waals surface area contributed by atoms with E-state index in [0.29, 0.717) is 5.69 Å². The minimum atomic E-state index is -0.873. The first kappa shape index (κ1) is 12.4. The van der Waals surface area contributed by atoms with Crippen LogP contribution >= 0.6 is 0 Å². The molecule has 0 saturated carbocycles. The number of rotatable bonds is 4. The lowest BCUT2D eigenvalue weighted by molar-refractivity contribution is 0.0685. The van der Waals surface area contributed by atoms with Crippen molar-refractivity contribution in [2.75, 3.05) is 0 Å². The lowest BCUT2D eigenvalue weighted by atomic mass is 10.1. The van der Waals surface area contributed by atoms with Crippen LogP contribution in [0, 0.1) is 6.92 Å². The van der Waals surface area contributed by atoms with Crippen molar-refractivity contribution < 1.29 is 9.90 Å². The fourth-order valence-corrected chi connectivity index (χ4v) is 2.18. The number of hydrogen-bond donors (Lipinski definition) is 1. The molecule has 0 aliphatic heterocycles. The van der Waals surface area contributed by atoms with Crippen molar-refractivity contribution in [3.63, 3.8) is 0 Å². The number of benzene rings is 1. The van der Waals surface area contributed by atoms with Gasteiger partial charge >= 0.3 is 5.97 Å². The van der Waals surface area contributed by atoms with E-state index in [1.165, 1.54) is 5.56 Å². The Morgan fingerprint density at radius 3 is 2.67 bits per heavy atom. The van der Waals surface area contributed by atoms with Crippen LogP contribution in [0.4, 0.5) is 0 Å². The number of aromatic carboxylic acids is 1. The molecule has 3 heteroatoms. The van der Waals surface area contributed by atoms with E-state index in [2.05, 4.69) is 6.07 Å². The molecule has 0 atom stereocenters. The van der Waals surface area contributed by atoms with E-state index in [4.69, 9.17) is 0 Å². The Labute approximate surface area is 107 Å². The molecule has 3 nitrogen and oxygen atoms in total. The third-order valence-electron chi connectivity index (χ3n) is 2.96. The number of aryl methyl sites for hydroxylation is 1. The van der Waals surface area contributed by atoms with Crippen LogP contribution in [-0.2, 0) is 6.54 Å². The summed E-state index contributed by atoms with van der Waals surface area (Å²) in [5.74, 6) is -0.873. The molecular weight excluding hydrogens is 226 g/mol. The molecule has 0 aliphatic rings. The Morgan fingerprint density at radius 1 is 1.28 bits per heavy atom. The summed E-state index contributed by atoms with van der Waals surface area (Å²) < 4.78 is 1.87. The van der Waals surface area contributed by atoms with Gasteiger partial charge in [0.1, 0.15) is 5.69 Å². The molecule has 1 aromatic heterocycles. The Balaban J connectivity index is 2.54. The highest BCUT2D eigenvalue weighted by atomic mass is 16.4. The van der Waals surface area contributed by atoms with Crippen LogP contribution in [0.1, 0.15) is 29.4 Å². The fraction of sp³-hybridized carbons (Fsp3) is 0.267. The maximum Gasteiger partial charge on any atom is 0.352 e. The minimum absolute atomic E-state index is 0.355. The lowest BCUT2D eigenvalue weighted by Gasteiger charge is -2.11. The standard InChI is InChI=1S/C15H17NO2/c1-3-9-16-13(7-8-14(16)15(17)18)12-6-4-5-11(2)10-12/h4-8,10H,3,9H2,1-2H3,(H,17,18). The van der Waals surface area contributed by atoms with Gasteiger partial charge in [-0.1, -0.05) is 30.7 Å². The van der Waals surface area contributed by atoms with Gasteiger partial charge in [0.15, 0.2) is 0 Å². The second-order valence-corrected chi connectivity index (χ2v) is 4.43. The van der Waals surface area contributed by atoms with Crippen LogP contribution < -0.4 is 0 Å². The second-order valence-electron chi connectivity index (χ2n) is 4.43. The van der Waals surface area contributed by atoms with E-state index in [0.717, 1.165) is 24.2 Å². The zero-order valence-corrected chi connectivity index (χ0v) is 10.7. The van der Waals surface area contributed by atoms with Crippen molar-refractivity contribution in [1.29, 1.82) is 0 Å². The van der Waals surface area contributed by atoms with E-state index in [1.54, 1.807) is 6.07 Å². The van der Waals surface area contributed by atoms with Crippen molar-refractivity contribution in [3.05, 3.63) is 47.7 Å². The van der Waals surface area contributed by atoms with Gasteiger partial charge in [-0.05, 0) is 37.1 Å². The molecular formula is C15H17NO2. The van der Waals surface area contributed by atoms with Crippen molar-refractivity contribution in [2.45, 2.75) is 26.8 Å². The Morgan fingerprint density at radius 2 is 2.06 bits per heavy atom. The molecule has 0 spiro atoms. The summed E-state index contributed by atoms with van der Waals surface area (Å²) in [6.45, 7) is 4.80. The average Bonchev–Trinajstić information content (AvgIpc) is 2.73. The smallest absolute Gasteiger partial charge is 0.352 e. The molecule has 94 valence electrons. The molecule has 1 heterocycles. The third kappa shape index (κ3) is 2.30. The third-order valence-corrected chi connectivity index (χ3v) is 2.96. The van der Waals surface area contributed by atoms with Crippen LogP contribution in [0.25, 0.3) is 11.3 Å². The molecule has 18 heavy (non-hydrogen) atoms. The summed E-state index contributed by atoms with van der Waals surface area (Å²) in [6, 6.07) is 11.7. The molecule has 0 saturated heterocycles. The predicted octanol–water partition coefficient (Wildman–Crippen LogP) is 3.57. The van der Waals surface area contributed by atoms with Gasteiger partial charge in [0.2, 0.25) is 0 Å². The quantitative estimate of drug-likeness (QED) is 0.892. The number of hydrogen-bond acceptors (Lipinski definition) is 1. The number of aromatic nitrogens is 1. The first-order valence-electron chi connectivity index (χ1n) is 6.13. The predicted molar refractivity (Wildman–Crippen MR) is 71.9 cm³/mol. The van der Waals surface area contributed by atoms with Crippen LogP contribution in [-0.4, -0.2) is 15.6 Å². The first-order chi connectivity index (χ1) is 8.63. The molecule has 0 unspecified atom stereocenters. The van der Waals surface area contributed by atoms with Gasteiger partial charge in [-0.2, -0.15) is 0 Å². The van der Waals surface area contributed by atoms with E-state index in [-0.39, 0.29) is 0 Å². The normalized spacial score (nSPS) is 10.6. The van der Waals surface area contributed by atoms with E-state index in [9.17, 15) is 9.90 Å². The molecule has 0 amide bonds. The monoisotopic (exact) mass is 243 g/mol. The Kier molecular flexibility index (Phi) is 3.51. The van der Waals surface area contributed by atoms with E-state index >= 15 is 0 Å². The molecule has 0 bridgehead atoms. The zero-order chi connectivity index (χ0) is 13.1. The van der Waals surface area contributed by atoms with Crippen LogP contribution in [0.3, 0.4) is 0 Å². The van der Waals surface area contributed by atoms with Gasteiger partial charge < -0.3 is 9.67 Å². The Hall–Kier alpha value is -2.03. The minimum Gasteiger partial charge on any atom is -0.477 e. The Bertz CT molecular complexity index is 570. The number of nitrogens with zero attached hydrogens (tertiary/aromatic N) is 1. The largest absolute Gasteiger partial charge is 0.477 e. The van der Waals surface area contributed by atoms with Crippen molar-refractivity contribution in [1.82, 2.24) is 4.57 Å². The van der Waals surface area contributed by atoms with Gasteiger partial charge in [0.25, 0.3) is 0 Å². The van der Waals surface area contributed by atoms with E-state index < -0.39 is 5.97 Å². The summed E-state index contributed by atoms with van der Waals surface area (Å²) in [5, 5.41) is 9.19. The molecule has 1 N–H and O–H groups in total. The average molecular weight is 243 g/mol. The lowest BCUT2D eigenvalue weighted by Crippen LogP contribution is -2.09. The van der Waals surface area contributed by atoms with Gasteiger partial charge in [-0.15, -0.1) is 0 Å². The van der Waals surface area contributed by atoms with Gasteiger partial charge in [-0.3, -0.25) is 0 Å². The van der Waals surface area contributed by atoms with Gasteiger partial charge in [-0.25, -0.2) is 4.79 Å². The summed E-state index contributed by atoms with van der Waals surface area (Å²) in [5.41, 5.74) is 3.57. The topological polar surface area (TPSA) is 42.2 Å². The van der Waals surface area contributed by atoms with Crippen LogP contribution in [0.15, 0.2) is 36.4 Å².